The fraction of sp³-hybridized carbons (Fsp3) is 0.294. The van der Waals surface area contributed by atoms with E-state index in [9.17, 15) is 14.4 Å². The molecule has 0 N–H and O–H groups in total. The lowest BCUT2D eigenvalue weighted by Crippen LogP contribution is -2.34. The zero-order valence-corrected chi connectivity index (χ0v) is 14.5. The number of ether oxygens (including phenoxy) is 1. The van der Waals surface area contributed by atoms with Crippen molar-refractivity contribution >= 4 is 39.3 Å². The van der Waals surface area contributed by atoms with Crippen molar-refractivity contribution in [3.05, 3.63) is 35.7 Å². The largest absolute Gasteiger partial charge is 0.497 e. The Balaban J connectivity index is 1.98. The number of methoxy groups -OCH3 is 1. The van der Waals surface area contributed by atoms with Gasteiger partial charge in [-0.1, -0.05) is 17.4 Å². The summed E-state index contributed by atoms with van der Waals surface area (Å²) in [5.74, 6) is -0.465. The molecule has 0 atom stereocenters. The van der Waals surface area contributed by atoms with Crippen LogP contribution >= 0.6 is 11.3 Å². The van der Waals surface area contributed by atoms with E-state index in [4.69, 9.17) is 4.74 Å². The first-order valence-corrected chi connectivity index (χ1v) is 8.54. The Morgan fingerprint density at radius 1 is 1.36 bits per heavy atom. The Bertz CT molecular complexity index is 925. The van der Waals surface area contributed by atoms with Gasteiger partial charge in [0.05, 0.1) is 17.3 Å². The summed E-state index contributed by atoms with van der Waals surface area (Å²) >= 11 is 1.34. The third kappa shape index (κ3) is 3.39. The molecule has 2 heterocycles. The molecular weight excluding hydrogens is 342 g/mol. The van der Waals surface area contributed by atoms with E-state index in [-0.39, 0.29) is 31.2 Å². The van der Waals surface area contributed by atoms with Gasteiger partial charge < -0.3 is 9.30 Å². The lowest BCUT2D eigenvalue weighted by Gasteiger charge is -2.10. The molecule has 0 unspecified atom stereocenters. The van der Waals surface area contributed by atoms with Crippen molar-refractivity contribution in [3.63, 3.8) is 0 Å². The number of carbonyl (C=O) groups excluding carboxylic acids is 3. The average molecular weight is 359 g/mol. The molecular formula is C17H17N3O4S. The predicted molar refractivity (Wildman–Crippen MR) is 93.1 cm³/mol. The molecule has 3 rings (SSSR count). The number of nitrogens with zero attached hydrogens (tertiary/aromatic N) is 3. The zero-order chi connectivity index (χ0) is 18.0. The lowest BCUT2D eigenvalue weighted by molar-refractivity contribution is -0.141. The average Bonchev–Trinajstić information content (AvgIpc) is 3.09. The van der Waals surface area contributed by atoms with Crippen molar-refractivity contribution in [2.75, 3.05) is 13.7 Å². The summed E-state index contributed by atoms with van der Waals surface area (Å²) in [5, 5.41) is 0. The Morgan fingerprint density at radius 3 is 2.72 bits per heavy atom. The third-order valence-electron chi connectivity index (χ3n) is 3.87. The van der Waals surface area contributed by atoms with Crippen LogP contribution in [-0.2, 0) is 20.9 Å². The van der Waals surface area contributed by atoms with Crippen molar-refractivity contribution in [2.24, 2.45) is 4.99 Å². The number of carbonyl (C=O) groups is 3. The number of allylic oxidation sites excluding steroid dienone is 1. The highest BCUT2D eigenvalue weighted by molar-refractivity contribution is 7.16. The Morgan fingerprint density at radius 2 is 2.08 bits per heavy atom. The smallest absolute Gasteiger partial charge is 0.268 e. The number of amides is 3. The van der Waals surface area contributed by atoms with E-state index >= 15 is 0 Å². The van der Waals surface area contributed by atoms with E-state index in [1.807, 2.05) is 22.8 Å². The van der Waals surface area contributed by atoms with Gasteiger partial charge in [0.1, 0.15) is 12.3 Å². The first-order valence-electron chi connectivity index (χ1n) is 7.72. The molecule has 8 heteroatoms. The van der Waals surface area contributed by atoms with Crippen LogP contribution in [0.25, 0.3) is 10.2 Å². The van der Waals surface area contributed by atoms with Gasteiger partial charge in [0.2, 0.25) is 11.8 Å². The molecule has 0 spiro atoms. The van der Waals surface area contributed by atoms with Crippen LogP contribution in [0.2, 0.25) is 0 Å². The van der Waals surface area contributed by atoms with Gasteiger partial charge in [0.25, 0.3) is 5.91 Å². The molecule has 3 amide bonds. The SMILES string of the molecule is C=CCn1c(=NC(=O)CN2C(=O)CCC2=O)sc2cc(OC)ccc21. The molecule has 1 aliphatic rings. The number of aromatic nitrogens is 1. The molecule has 0 bridgehead atoms. The van der Waals surface area contributed by atoms with E-state index in [2.05, 4.69) is 11.6 Å². The van der Waals surface area contributed by atoms with Crippen LogP contribution in [0.1, 0.15) is 12.8 Å². The van der Waals surface area contributed by atoms with Crippen LogP contribution in [0, 0.1) is 0 Å². The number of hydrogen-bond acceptors (Lipinski definition) is 5. The lowest BCUT2D eigenvalue weighted by atomic mass is 10.3. The highest BCUT2D eigenvalue weighted by Gasteiger charge is 2.30. The topological polar surface area (TPSA) is 81.0 Å². The van der Waals surface area contributed by atoms with Gasteiger partial charge in [-0.05, 0) is 18.2 Å². The number of thiazole rings is 1. The Hall–Kier alpha value is -2.74. The Kier molecular flexibility index (Phi) is 4.80. The molecule has 25 heavy (non-hydrogen) atoms. The number of imide groups is 1. The standard InChI is InChI=1S/C17H17N3O4S/c1-3-8-19-12-5-4-11(24-2)9-13(12)25-17(19)18-14(21)10-20-15(22)6-7-16(20)23/h3-5,9H,1,6-8,10H2,2H3. The fourth-order valence-corrected chi connectivity index (χ4v) is 3.73. The summed E-state index contributed by atoms with van der Waals surface area (Å²) in [6, 6.07) is 5.60. The van der Waals surface area contributed by atoms with Crippen molar-refractivity contribution in [1.82, 2.24) is 9.47 Å². The first-order chi connectivity index (χ1) is 12.0. The zero-order valence-electron chi connectivity index (χ0n) is 13.7. The van der Waals surface area contributed by atoms with Crippen LogP contribution in [-0.4, -0.2) is 40.8 Å². The number of fused-ring (bicyclic) bond motifs is 1. The van der Waals surface area contributed by atoms with Crippen LogP contribution in [0.5, 0.6) is 5.75 Å². The number of hydrogen-bond donors (Lipinski definition) is 0. The minimum atomic E-state index is -0.528. The van der Waals surface area contributed by atoms with Gasteiger partial charge in [-0.2, -0.15) is 4.99 Å². The van der Waals surface area contributed by atoms with Gasteiger partial charge >= 0.3 is 0 Å². The molecule has 7 nitrogen and oxygen atoms in total. The third-order valence-corrected chi connectivity index (χ3v) is 4.91. The van der Waals surface area contributed by atoms with Crippen molar-refractivity contribution in [3.8, 4) is 5.75 Å². The second-order valence-electron chi connectivity index (χ2n) is 5.50. The quantitative estimate of drug-likeness (QED) is 0.598. The maximum absolute atomic E-state index is 12.2. The number of rotatable bonds is 5. The maximum atomic E-state index is 12.2. The van der Waals surface area contributed by atoms with Crippen LogP contribution in [0.3, 0.4) is 0 Å². The maximum Gasteiger partial charge on any atom is 0.268 e. The van der Waals surface area contributed by atoms with Crippen LogP contribution in [0.4, 0.5) is 0 Å². The van der Waals surface area contributed by atoms with Crippen molar-refractivity contribution in [2.45, 2.75) is 19.4 Å². The fourth-order valence-electron chi connectivity index (χ4n) is 2.65. The number of benzene rings is 1. The summed E-state index contributed by atoms with van der Waals surface area (Å²) in [6.07, 6.45) is 2.03. The van der Waals surface area contributed by atoms with E-state index in [0.29, 0.717) is 17.1 Å². The molecule has 2 aromatic rings. The van der Waals surface area contributed by atoms with Crippen LogP contribution in [0.15, 0.2) is 35.8 Å². The Labute approximate surface area is 147 Å². The minimum absolute atomic E-state index is 0.158. The molecule has 1 saturated heterocycles. The summed E-state index contributed by atoms with van der Waals surface area (Å²) < 4.78 is 8.00. The van der Waals surface area contributed by atoms with Crippen molar-refractivity contribution < 1.29 is 19.1 Å². The summed E-state index contributed by atoms with van der Waals surface area (Å²) in [5.41, 5.74) is 0.908. The van der Waals surface area contributed by atoms with Crippen LogP contribution < -0.4 is 9.54 Å². The molecule has 1 aromatic carbocycles. The second-order valence-corrected chi connectivity index (χ2v) is 6.51. The monoisotopic (exact) mass is 359 g/mol. The molecule has 1 aliphatic heterocycles. The van der Waals surface area contributed by atoms with E-state index in [0.717, 1.165) is 15.1 Å². The molecule has 0 saturated carbocycles. The van der Waals surface area contributed by atoms with Gasteiger partial charge in [0, 0.05) is 19.4 Å². The summed E-state index contributed by atoms with van der Waals surface area (Å²) in [6.45, 7) is 3.90. The highest BCUT2D eigenvalue weighted by Crippen LogP contribution is 2.23. The molecule has 1 fully saturated rings. The summed E-state index contributed by atoms with van der Waals surface area (Å²) in [4.78, 5) is 41.1. The summed E-state index contributed by atoms with van der Waals surface area (Å²) in [7, 11) is 1.59. The first kappa shape index (κ1) is 17.1. The van der Waals surface area contributed by atoms with Gasteiger partial charge in [0.15, 0.2) is 4.80 Å². The van der Waals surface area contributed by atoms with Gasteiger partial charge in [-0.15, -0.1) is 6.58 Å². The minimum Gasteiger partial charge on any atom is -0.497 e. The predicted octanol–water partition coefficient (Wildman–Crippen LogP) is 1.47. The molecule has 130 valence electrons. The van der Waals surface area contributed by atoms with E-state index < -0.39 is 5.91 Å². The highest BCUT2D eigenvalue weighted by atomic mass is 32.1. The second kappa shape index (κ2) is 7.02. The number of likely N-dealkylation sites (tertiary alicyclic amines) is 1. The molecule has 0 radical (unpaired) electrons. The molecule has 1 aromatic heterocycles. The van der Waals surface area contributed by atoms with E-state index in [1.165, 1.54) is 11.3 Å². The molecule has 0 aliphatic carbocycles. The normalized spacial score (nSPS) is 15.2. The van der Waals surface area contributed by atoms with Gasteiger partial charge in [-0.3, -0.25) is 19.3 Å². The van der Waals surface area contributed by atoms with E-state index in [1.54, 1.807) is 13.2 Å². The van der Waals surface area contributed by atoms with Crippen molar-refractivity contribution in [1.29, 1.82) is 0 Å². The van der Waals surface area contributed by atoms with Gasteiger partial charge in [-0.25, -0.2) is 0 Å².